The second kappa shape index (κ2) is 6.96. The van der Waals surface area contributed by atoms with E-state index in [0.29, 0.717) is 5.02 Å². The molecule has 2 rings (SSSR count). The number of nitrogens with two attached hydrogens (primary N) is 1. The monoisotopic (exact) mass is 366 g/mol. The number of hydrogen-bond donors (Lipinski definition) is 2. The van der Waals surface area contributed by atoms with Gasteiger partial charge in [0.1, 0.15) is 6.04 Å². The van der Waals surface area contributed by atoms with Crippen LogP contribution in [0, 0.1) is 0 Å². The Morgan fingerprint density at radius 2 is 2.05 bits per heavy atom. The Kier molecular flexibility index (Phi) is 5.26. The van der Waals surface area contributed by atoms with Gasteiger partial charge >= 0.3 is 0 Å². The van der Waals surface area contributed by atoms with E-state index in [1.54, 1.807) is 6.07 Å². The van der Waals surface area contributed by atoms with E-state index in [9.17, 15) is 4.79 Å². The smallest absolute Gasteiger partial charge is 0.244 e. The van der Waals surface area contributed by atoms with E-state index in [1.165, 1.54) is 0 Å². The molecule has 0 saturated heterocycles. The number of carbonyl (C=O) groups is 1. The van der Waals surface area contributed by atoms with Crippen LogP contribution in [0.4, 0.5) is 5.69 Å². The molecule has 110 valence electrons. The van der Waals surface area contributed by atoms with Crippen LogP contribution in [0.3, 0.4) is 0 Å². The molecule has 5 heteroatoms. The minimum Gasteiger partial charge on any atom is -0.370 e. The maximum Gasteiger partial charge on any atom is 0.244 e. The SMILES string of the molecule is CCc1ccccc1C(Nc1ccc(Cl)c(Br)c1)C(N)=O. The Morgan fingerprint density at radius 3 is 2.67 bits per heavy atom. The van der Waals surface area contributed by atoms with E-state index >= 15 is 0 Å². The molecule has 0 spiro atoms. The van der Waals surface area contributed by atoms with Gasteiger partial charge in [-0.1, -0.05) is 42.8 Å². The first-order chi connectivity index (χ1) is 10.0. The molecule has 2 aromatic rings. The number of carbonyl (C=O) groups excluding carboxylic acids is 1. The summed E-state index contributed by atoms with van der Waals surface area (Å²) in [6.07, 6.45) is 0.839. The van der Waals surface area contributed by atoms with Crippen LogP contribution in [-0.4, -0.2) is 5.91 Å². The molecule has 0 aliphatic rings. The largest absolute Gasteiger partial charge is 0.370 e. The molecule has 21 heavy (non-hydrogen) atoms. The van der Waals surface area contributed by atoms with Gasteiger partial charge in [-0.15, -0.1) is 0 Å². The van der Waals surface area contributed by atoms with Gasteiger partial charge in [-0.2, -0.15) is 0 Å². The quantitative estimate of drug-likeness (QED) is 0.827. The third-order valence-corrected chi connectivity index (χ3v) is 4.48. The Balaban J connectivity index is 2.35. The molecule has 3 N–H and O–H groups in total. The minimum atomic E-state index is -0.575. The number of nitrogens with one attached hydrogen (secondary N) is 1. The summed E-state index contributed by atoms with van der Waals surface area (Å²) < 4.78 is 0.765. The molecule has 0 aliphatic heterocycles. The summed E-state index contributed by atoms with van der Waals surface area (Å²) in [6.45, 7) is 2.05. The lowest BCUT2D eigenvalue weighted by atomic mass is 9.98. The summed E-state index contributed by atoms with van der Waals surface area (Å²) in [7, 11) is 0. The van der Waals surface area contributed by atoms with Gasteiger partial charge in [-0.05, 0) is 51.7 Å². The van der Waals surface area contributed by atoms with E-state index in [0.717, 1.165) is 27.7 Å². The number of benzene rings is 2. The molecule has 0 saturated carbocycles. The first-order valence-electron chi connectivity index (χ1n) is 6.61. The zero-order chi connectivity index (χ0) is 15.4. The second-order valence-electron chi connectivity index (χ2n) is 4.66. The van der Waals surface area contributed by atoms with Crippen molar-refractivity contribution in [2.75, 3.05) is 5.32 Å². The van der Waals surface area contributed by atoms with Gasteiger partial charge in [0.25, 0.3) is 0 Å². The first kappa shape index (κ1) is 15.9. The van der Waals surface area contributed by atoms with Crippen molar-refractivity contribution in [3.8, 4) is 0 Å². The van der Waals surface area contributed by atoms with Gasteiger partial charge < -0.3 is 11.1 Å². The fraction of sp³-hybridized carbons (Fsp3) is 0.188. The molecular weight excluding hydrogens is 352 g/mol. The third-order valence-electron chi connectivity index (χ3n) is 3.26. The number of halogens is 2. The van der Waals surface area contributed by atoms with Crippen LogP contribution < -0.4 is 11.1 Å². The van der Waals surface area contributed by atoms with Gasteiger partial charge in [0.05, 0.1) is 5.02 Å². The molecule has 0 aliphatic carbocycles. The predicted molar refractivity (Wildman–Crippen MR) is 90.5 cm³/mol. The van der Waals surface area contributed by atoms with Crippen molar-refractivity contribution in [1.29, 1.82) is 0 Å². The zero-order valence-corrected chi connectivity index (χ0v) is 13.9. The summed E-state index contributed by atoms with van der Waals surface area (Å²) in [5.74, 6) is -0.415. The summed E-state index contributed by atoms with van der Waals surface area (Å²) in [5, 5.41) is 3.79. The molecule has 0 heterocycles. The van der Waals surface area contributed by atoms with Crippen molar-refractivity contribution >= 4 is 39.1 Å². The van der Waals surface area contributed by atoms with Gasteiger partial charge in [0, 0.05) is 10.2 Å². The lowest BCUT2D eigenvalue weighted by Gasteiger charge is -2.20. The van der Waals surface area contributed by atoms with Crippen molar-refractivity contribution < 1.29 is 4.79 Å². The first-order valence-corrected chi connectivity index (χ1v) is 7.78. The lowest BCUT2D eigenvalue weighted by Crippen LogP contribution is -2.28. The standard InChI is InChI=1S/C16H16BrClN2O/c1-2-10-5-3-4-6-12(10)15(16(19)21)20-11-7-8-14(18)13(17)9-11/h3-9,15,20H,2H2,1H3,(H2,19,21). The Morgan fingerprint density at radius 1 is 1.33 bits per heavy atom. The van der Waals surface area contributed by atoms with Crippen LogP contribution in [0.25, 0.3) is 0 Å². The number of primary amides is 1. The van der Waals surface area contributed by atoms with Crippen LogP contribution in [0.2, 0.25) is 5.02 Å². The van der Waals surface area contributed by atoms with Crippen molar-refractivity contribution in [3.63, 3.8) is 0 Å². The van der Waals surface area contributed by atoms with Crippen molar-refractivity contribution in [3.05, 3.63) is 63.1 Å². The van der Waals surface area contributed by atoms with Crippen molar-refractivity contribution in [2.24, 2.45) is 5.73 Å². The van der Waals surface area contributed by atoms with Gasteiger partial charge in [0.15, 0.2) is 0 Å². The van der Waals surface area contributed by atoms with Gasteiger partial charge in [-0.3, -0.25) is 4.79 Å². The van der Waals surface area contributed by atoms with Crippen LogP contribution in [0.1, 0.15) is 24.1 Å². The Labute approximate surface area is 137 Å². The fourth-order valence-electron chi connectivity index (χ4n) is 2.19. The highest BCUT2D eigenvalue weighted by Gasteiger charge is 2.20. The highest BCUT2D eigenvalue weighted by atomic mass is 79.9. The predicted octanol–water partition coefficient (Wildman–Crippen LogP) is 4.30. The number of rotatable bonds is 5. The van der Waals surface area contributed by atoms with Crippen LogP contribution in [0.5, 0.6) is 0 Å². The summed E-state index contributed by atoms with van der Waals surface area (Å²) in [5.41, 5.74) is 8.35. The fourth-order valence-corrected chi connectivity index (χ4v) is 2.69. The average molecular weight is 368 g/mol. The van der Waals surface area contributed by atoms with E-state index in [1.807, 2.05) is 36.4 Å². The molecule has 0 radical (unpaired) electrons. The summed E-state index contributed by atoms with van der Waals surface area (Å²) in [6, 6.07) is 12.6. The van der Waals surface area contributed by atoms with E-state index in [4.69, 9.17) is 17.3 Å². The van der Waals surface area contributed by atoms with E-state index in [-0.39, 0.29) is 0 Å². The molecular formula is C16H16BrClN2O. The number of anilines is 1. The Bertz CT molecular complexity index is 660. The van der Waals surface area contributed by atoms with Crippen molar-refractivity contribution in [1.82, 2.24) is 0 Å². The molecule has 0 aromatic heterocycles. The minimum absolute atomic E-state index is 0.415. The maximum atomic E-state index is 11.8. The highest BCUT2D eigenvalue weighted by molar-refractivity contribution is 9.10. The Hall–Kier alpha value is -1.52. The van der Waals surface area contributed by atoms with E-state index in [2.05, 4.69) is 28.2 Å². The number of aryl methyl sites for hydroxylation is 1. The molecule has 0 bridgehead atoms. The molecule has 0 fully saturated rings. The van der Waals surface area contributed by atoms with Gasteiger partial charge in [-0.25, -0.2) is 0 Å². The second-order valence-corrected chi connectivity index (χ2v) is 5.92. The molecule has 1 atom stereocenters. The summed E-state index contributed by atoms with van der Waals surface area (Å²) >= 11 is 9.35. The van der Waals surface area contributed by atoms with Crippen LogP contribution in [0.15, 0.2) is 46.9 Å². The maximum absolute atomic E-state index is 11.8. The van der Waals surface area contributed by atoms with E-state index < -0.39 is 11.9 Å². The average Bonchev–Trinajstić information content (AvgIpc) is 2.48. The topological polar surface area (TPSA) is 55.1 Å². The molecule has 2 aromatic carbocycles. The van der Waals surface area contributed by atoms with Crippen LogP contribution >= 0.6 is 27.5 Å². The zero-order valence-electron chi connectivity index (χ0n) is 11.6. The van der Waals surface area contributed by atoms with Gasteiger partial charge in [0.2, 0.25) is 5.91 Å². The lowest BCUT2D eigenvalue weighted by molar-refractivity contribution is -0.118. The molecule has 1 unspecified atom stereocenters. The summed E-state index contributed by atoms with van der Waals surface area (Å²) in [4.78, 5) is 11.8. The highest BCUT2D eigenvalue weighted by Crippen LogP contribution is 2.28. The third kappa shape index (κ3) is 3.77. The normalized spacial score (nSPS) is 12.0. The molecule has 1 amide bonds. The van der Waals surface area contributed by atoms with Crippen LogP contribution in [-0.2, 0) is 11.2 Å². The number of hydrogen-bond acceptors (Lipinski definition) is 2. The number of amides is 1. The molecule has 3 nitrogen and oxygen atoms in total. The van der Waals surface area contributed by atoms with Crippen molar-refractivity contribution in [2.45, 2.75) is 19.4 Å².